The van der Waals surface area contributed by atoms with Gasteiger partial charge in [-0.3, -0.25) is 4.90 Å². The van der Waals surface area contributed by atoms with Crippen LogP contribution in [0.1, 0.15) is 44.4 Å². The van der Waals surface area contributed by atoms with E-state index in [2.05, 4.69) is 116 Å². The van der Waals surface area contributed by atoms with E-state index in [0.29, 0.717) is 6.04 Å². The van der Waals surface area contributed by atoms with Crippen molar-refractivity contribution in [2.45, 2.75) is 53.2 Å². The average Bonchev–Trinajstić information content (AvgIpc) is 2.60. The van der Waals surface area contributed by atoms with E-state index in [9.17, 15) is 0 Å². The van der Waals surface area contributed by atoms with Gasteiger partial charge in [0.2, 0.25) is 0 Å². The van der Waals surface area contributed by atoms with E-state index in [1.165, 1.54) is 21.2 Å². The second-order valence-corrected chi connectivity index (χ2v) is 9.67. The number of nitrogens with zero attached hydrogens (tertiary/aromatic N) is 2. The summed E-state index contributed by atoms with van der Waals surface area (Å²) in [5.41, 5.74) is 4.34. The Bertz CT molecular complexity index is 718. The van der Waals surface area contributed by atoms with Crippen LogP contribution in [0.25, 0.3) is 0 Å². The number of aryl methyl sites for hydroxylation is 1. The van der Waals surface area contributed by atoms with Gasteiger partial charge in [-0.15, -0.1) is 0 Å². The van der Waals surface area contributed by atoms with Crippen LogP contribution in [0, 0.1) is 5.41 Å². The third-order valence-corrected chi connectivity index (χ3v) is 5.87. The fraction of sp³-hybridized carbons (Fsp3) is 0.500. The van der Waals surface area contributed by atoms with Crippen LogP contribution in [0.15, 0.2) is 53.0 Å². The quantitative estimate of drug-likeness (QED) is 0.507. The molecule has 2 nitrogen and oxygen atoms in total. The van der Waals surface area contributed by atoms with Gasteiger partial charge in [-0.25, -0.2) is 0 Å². The van der Waals surface area contributed by atoms with Gasteiger partial charge in [-0.1, -0.05) is 86.1 Å². The maximum Gasteiger partial charge on any atom is 0.0278 e. The van der Waals surface area contributed by atoms with Crippen molar-refractivity contribution in [3.05, 3.63) is 69.7 Å². The lowest BCUT2D eigenvalue weighted by Gasteiger charge is -2.42. The summed E-state index contributed by atoms with van der Waals surface area (Å²) in [6.07, 6.45) is 1.08. The number of benzene rings is 2. The van der Waals surface area contributed by atoms with Gasteiger partial charge in [-0.05, 0) is 48.7 Å². The fourth-order valence-electron chi connectivity index (χ4n) is 3.59. The smallest absolute Gasteiger partial charge is 0.0278 e. The van der Waals surface area contributed by atoms with Crippen LogP contribution in [0.3, 0.4) is 0 Å². The second kappa shape index (κ2) is 9.86. The zero-order valence-corrected chi connectivity index (χ0v) is 19.4. The van der Waals surface area contributed by atoms with Gasteiger partial charge >= 0.3 is 0 Å². The largest absolute Gasteiger partial charge is 0.308 e. The minimum Gasteiger partial charge on any atom is -0.308 e. The number of rotatable bonds is 8. The average molecular weight is 431 g/mol. The Morgan fingerprint density at radius 1 is 0.926 bits per heavy atom. The molecule has 0 fully saturated rings. The van der Waals surface area contributed by atoms with Crippen molar-refractivity contribution in [2.75, 3.05) is 20.6 Å². The van der Waals surface area contributed by atoms with Crippen LogP contribution in [-0.4, -0.2) is 36.5 Å². The van der Waals surface area contributed by atoms with E-state index >= 15 is 0 Å². The van der Waals surface area contributed by atoms with Gasteiger partial charge in [0.05, 0.1) is 0 Å². The molecule has 2 rings (SSSR count). The summed E-state index contributed by atoms with van der Waals surface area (Å²) < 4.78 is 1.19. The molecule has 3 heteroatoms. The predicted molar refractivity (Wildman–Crippen MR) is 121 cm³/mol. The highest BCUT2D eigenvalue weighted by molar-refractivity contribution is 9.10. The fourth-order valence-corrected chi connectivity index (χ4v) is 4.00. The lowest BCUT2D eigenvalue weighted by molar-refractivity contribution is 0.0624. The topological polar surface area (TPSA) is 6.48 Å². The summed E-state index contributed by atoms with van der Waals surface area (Å²) in [5.74, 6) is 0. The first-order chi connectivity index (χ1) is 12.7. The summed E-state index contributed by atoms with van der Waals surface area (Å²) in [6, 6.07) is 18.1. The maximum absolute atomic E-state index is 3.75. The molecule has 148 valence electrons. The Labute approximate surface area is 174 Å². The minimum atomic E-state index is 0.188. The van der Waals surface area contributed by atoms with Gasteiger partial charge in [0.1, 0.15) is 0 Å². The maximum atomic E-state index is 3.75. The van der Waals surface area contributed by atoms with Crippen molar-refractivity contribution in [1.29, 1.82) is 0 Å². The Balaban J connectivity index is 2.37. The van der Waals surface area contributed by atoms with E-state index < -0.39 is 0 Å². The molecule has 0 saturated carbocycles. The Hall–Kier alpha value is -1.16. The number of likely N-dealkylation sites (N-methyl/N-ethyl adjacent to an activating group) is 1. The summed E-state index contributed by atoms with van der Waals surface area (Å²) >= 11 is 3.75. The SMILES string of the molecule is CCc1cccc(CN(Cc2ccccc2Br)[C@H](CN(C)C)C(C)(C)C)c1. The predicted octanol–water partition coefficient (Wildman–Crippen LogP) is 5.99. The highest BCUT2D eigenvalue weighted by atomic mass is 79.9. The highest BCUT2D eigenvalue weighted by Gasteiger charge is 2.31. The second-order valence-electron chi connectivity index (χ2n) is 8.81. The summed E-state index contributed by atoms with van der Waals surface area (Å²) in [4.78, 5) is 4.96. The van der Waals surface area contributed by atoms with Gasteiger partial charge in [0.15, 0.2) is 0 Å². The summed E-state index contributed by atoms with van der Waals surface area (Å²) in [6.45, 7) is 12.2. The molecule has 0 aromatic heterocycles. The molecule has 2 aromatic rings. The van der Waals surface area contributed by atoms with E-state index in [-0.39, 0.29) is 5.41 Å². The first kappa shape index (κ1) is 22.1. The van der Waals surface area contributed by atoms with E-state index in [4.69, 9.17) is 0 Å². The van der Waals surface area contributed by atoms with Gasteiger partial charge in [-0.2, -0.15) is 0 Å². The molecule has 0 amide bonds. The van der Waals surface area contributed by atoms with Crippen molar-refractivity contribution >= 4 is 15.9 Å². The van der Waals surface area contributed by atoms with Crippen molar-refractivity contribution < 1.29 is 0 Å². The van der Waals surface area contributed by atoms with Crippen LogP contribution in [-0.2, 0) is 19.5 Å². The molecular formula is C24H35BrN2. The number of hydrogen-bond acceptors (Lipinski definition) is 2. The molecule has 27 heavy (non-hydrogen) atoms. The van der Waals surface area contributed by atoms with Gasteiger partial charge < -0.3 is 4.90 Å². The lowest BCUT2D eigenvalue weighted by Crippen LogP contribution is -2.49. The molecule has 0 bridgehead atoms. The molecule has 0 saturated heterocycles. The number of hydrogen-bond donors (Lipinski definition) is 0. The van der Waals surface area contributed by atoms with Crippen LogP contribution in [0.4, 0.5) is 0 Å². The van der Waals surface area contributed by atoms with Gasteiger partial charge in [0.25, 0.3) is 0 Å². The Morgan fingerprint density at radius 3 is 2.19 bits per heavy atom. The molecule has 0 spiro atoms. The number of halogens is 1. The van der Waals surface area contributed by atoms with Crippen molar-refractivity contribution in [2.24, 2.45) is 5.41 Å². The normalized spacial score (nSPS) is 13.4. The van der Waals surface area contributed by atoms with Crippen LogP contribution < -0.4 is 0 Å². The van der Waals surface area contributed by atoms with Crippen molar-refractivity contribution in [3.8, 4) is 0 Å². The molecule has 0 radical (unpaired) electrons. The zero-order chi connectivity index (χ0) is 20.0. The first-order valence-electron chi connectivity index (χ1n) is 9.90. The third-order valence-electron chi connectivity index (χ3n) is 5.10. The monoisotopic (exact) mass is 430 g/mol. The Kier molecular flexibility index (Phi) is 8.08. The molecule has 0 N–H and O–H groups in total. The molecule has 0 aliphatic carbocycles. The minimum absolute atomic E-state index is 0.188. The molecule has 0 heterocycles. The van der Waals surface area contributed by atoms with Gasteiger partial charge in [0, 0.05) is 30.1 Å². The highest BCUT2D eigenvalue weighted by Crippen LogP contribution is 2.29. The van der Waals surface area contributed by atoms with E-state index in [1.807, 2.05) is 0 Å². The molecule has 1 atom stereocenters. The van der Waals surface area contributed by atoms with E-state index in [1.54, 1.807) is 0 Å². The summed E-state index contributed by atoms with van der Waals surface area (Å²) in [7, 11) is 4.35. The first-order valence-corrected chi connectivity index (χ1v) is 10.7. The summed E-state index contributed by atoms with van der Waals surface area (Å²) in [5, 5.41) is 0. The third kappa shape index (κ3) is 6.74. The van der Waals surface area contributed by atoms with Crippen LogP contribution in [0.5, 0.6) is 0 Å². The standard InChI is InChI=1S/C24H35BrN2/c1-7-19-11-10-12-20(15-19)16-27(17-21-13-8-9-14-22(21)25)23(18-26(5)6)24(2,3)4/h8-15,23H,7,16-18H2,1-6H3/t23-/m1/s1. The van der Waals surface area contributed by atoms with Crippen LogP contribution >= 0.6 is 15.9 Å². The molecule has 0 aliphatic rings. The molecule has 2 aromatic carbocycles. The lowest BCUT2D eigenvalue weighted by atomic mass is 9.84. The zero-order valence-electron chi connectivity index (χ0n) is 17.8. The van der Waals surface area contributed by atoms with Crippen molar-refractivity contribution in [3.63, 3.8) is 0 Å². The van der Waals surface area contributed by atoms with E-state index in [0.717, 1.165) is 26.1 Å². The Morgan fingerprint density at radius 2 is 1.59 bits per heavy atom. The molecule has 0 unspecified atom stereocenters. The van der Waals surface area contributed by atoms with Crippen LogP contribution in [0.2, 0.25) is 0 Å². The van der Waals surface area contributed by atoms with Crippen molar-refractivity contribution in [1.82, 2.24) is 9.80 Å². The molecular weight excluding hydrogens is 396 g/mol. The molecule has 0 aliphatic heterocycles.